The van der Waals surface area contributed by atoms with Gasteiger partial charge in [0.05, 0.1) is 0 Å². The van der Waals surface area contributed by atoms with Crippen LogP contribution in [-0.4, -0.2) is 63.7 Å². The number of hydrogen-bond donors (Lipinski definition) is 4. The van der Waals surface area contributed by atoms with Crippen molar-refractivity contribution in [2.24, 2.45) is 0 Å². The van der Waals surface area contributed by atoms with Gasteiger partial charge in [-0.2, -0.15) is 0 Å². The van der Waals surface area contributed by atoms with Crippen molar-refractivity contribution in [2.45, 2.75) is 82.1 Å². The zero-order chi connectivity index (χ0) is 22.6. The highest BCUT2D eigenvalue weighted by Gasteiger charge is 2.45. The Balaban J connectivity index is 1.72. The number of aliphatic hydroxyl groups excluding tert-OH is 3. The molecule has 174 valence electrons. The molecule has 31 heavy (non-hydrogen) atoms. The number of unbranched alkanes of at least 4 members (excludes halogenated alkanes) is 6. The Bertz CT molecular complexity index is 662. The minimum absolute atomic E-state index is 0.0467. The summed E-state index contributed by atoms with van der Waals surface area (Å²) >= 11 is 0. The molecule has 0 aromatic heterocycles. The average molecular weight is 439 g/mol. The lowest BCUT2D eigenvalue weighted by Gasteiger charge is -2.39. The topological polar surface area (TPSA) is 126 Å². The number of benzene rings is 1. The first-order valence-electron chi connectivity index (χ1n) is 10.8. The highest BCUT2D eigenvalue weighted by atomic mass is 16.7. The Morgan fingerprint density at radius 2 is 1.61 bits per heavy atom. The van der Waals surface area contributed by atoms with E-state index in [0.29, 0.717) is 5.75 Å². The van der Waals surface area contributed by atoms with Crippen LogP contribution in [0, 0.1) is 0 Å². The van der Waals surface area contributed by atoms with E-state index in [1.54, 1.807) is 0 Å². The zero-order valence-corrected chi connectivity index (χ0v) is 17.8. The predicted molar refractivity (Wildman–Crippen MR) is 114 cm³/mol. The van der Waals surface area contributed by atoms with Crippen LogP contribution in [0.4, 0.5) is 0 Å². The summed E-state index contributed by atoms with van der Waals surface area (Å²) in [4.78, 5) is 12.0. The van der Waals surface area contributed by atoms with Crippen LogP contribution in [0.1, 0.15) is 51.4 Å². The van der Waals surface area contributed by atoms with Crippen molar-refractivity contribution in [3.63, 3.8) is 0 Å². The highest BCUT2D eigenvalue weighted by Crippen LogP contribution is 2.25. The summed E-state index contributed by atoms with van der Waals surface area (Å²) in [6.45, 7) is 3.44. The Kier molecular flexibility index (Phi) is 10.8. The SMILES string of the molecule is C=CCCCCCCCCC(=O)OC[C@H]1O[C@@H](Oc2ccc(O)cc2)[C@H](O)[C@@H](O)[C@@H]1O. The van der Waals surface area contributed by atoms with Crippen LogP contribution in [-0.2, 0) is 14.3 Å². The van der Waals surface area contributed by atoms with Crippen LogP contribution < -0.4 is 4.74 Å². The molecule has 1 aromatic carbocycles. The molecule has 0 bridgehead atoms. The molecular weight excluding hydrogens is 404 g/mol. The number of esters is 1. The van der Waals surface area contributed by atoms with Crippen LogP contribution >= 0.6 is 0 Å². The van der Waals surface area contributed by atoms with E-state index >= 15 is 0 Å². The van der Waals surface area contributed by atoms with Gasteiger partial charge in [0.25, 0.3) is 0 Å². The number of aliphatic hydroxyl groups is 3. The first kappa shape index (κ1) is 25.1. The van der Waals surface area contributed by atoms with Crippen molar-refractivity contribution in [2.75, 3.05) is 6.61 Å². The van der Waals surface area contributed by atoms with Gasteiger partial charge in [-0.25, -0.2) is 0 Å². The number of carbonyl (C=O) groups is 1. The van der Waals surface area contributed by atoms with Gasteiger partial charge in [-0.15, -0.1) is 6.58 Å². The monoisotopic (exact) mass is 438 g/mol. The maximum atomic E-state index is 12.0. The lowest BCUT2D eigenvalue weighted by atomic mass is 9.99. The third-order valence-electron chi connectivity index (χ3n) is 5.21. The van der Waals surface area contributed by atoms with Gasteiger partial charge < -0.3 is 34.6 Å². The predicted octanol–water partition coefficient (Wildman–Crippen LogP) is 2.43. The molecule has 1 aromatic rings. The maximum Gasteiger partial charge on any atom is 0.305 e. The molecule has 4 N–H and O–H groups in total. The second-order valence-corrected chi connectivity index (χ2v) is 7.76. The highest BCUT2D eigenvalue weighted by molar-refractivity contribution is 5.69. The van der Waals surface area contributed by atoms with E-state index in [4.69, 9.17) is 14.2 Å². The molecule has 1 aliphatic heterocycles. The van der Waals surface area contributed by atoms with Crippen LogP contribution in [0.2, 0.25) is 0 Å². The number of carbonyl (C=O) groups excluding carboxylic acids is 1. The fraction of sp³-hybridized carbons (Fsp3) is 0.609. The zero-order valence-electron chi connectivity index (χ0n) is 17.8. The van der Waals surface area contributed by atoms with Crippen LogP contribution in [0.5, 0.6) is 11.5 Å². The Morgan fingerprint density at radius 1 is 0.968 bits per heavy atom. The van der Waals surface area contributed by atoms with Gasteiger partial charge in [-0.3, -0.25) is 4.79 Å². The smallest absolute Gasteiger partial charge is 0.305 e. The lowest BCUT2D eigenvalue weighted by molar-refractivity contribution is -0.278. The van der Waals surface area contributed by atoms with Gasteiger partial charge in [-0.05, 0) is 43.5 Å². The summed E-state index contributed by atoms with van der Waals surface area (Å²) in [7, 11) is 0. The van der Waals surface area contributed by atoms with Gasteiger partial charge in [0.15, 0.2) is 0 Å². The number of ether oxygens (including phenoxy) is 3. The van der Waals surface area contributed by atoms with E-state index in [2.05, 4.69) is 6.58 Å². The largest absolute Gasteiger partial charge is 0.508 e. The quantitative estimate of drug-likeness (QED) is 0.210. The Hall–Kier alpha value is -2.13. The summed E-state index contributed by atoms with van der Waals surface area (Å²) in [5.41, 5.74) is 0. The minimum Gasteiger partial charge on any atom is -0.508 e. The number of rotatable bonds is 13. The molecule has 1 heterocycles. The number of allylic oxidation sites excluding steroid dienone is 1. The van der Waals surface area contributed by atoms with E-state index in [1.165, 1.54) is 24.3 Å². The molecule has 5 atom stereocenters. The molecule has 8 nitrogen and oxygen atoms in total. The lowest BCUT2D eigenvalue weighted by Crippen LogP contribution is -2.60. The van der Waals surface area contributed by atoms with Gasteiger partial charge in [0.1, 0.15) is 42.5 Å². The van der Waals surface area contributed by atoms with Crippen LogP contribution in [0.15, 0.2) is 36.9 Å². The minimum atomic E-state index is -1.53. The van der Waals surface area contributed by atoms with Crippen molar-refractivity contribution in [1.29, 1.82) is 0 Å². The van der Waals surface area contributed by atoms with Crippen LogP contribution in [0.25, 0.3) is 0 Å². The first-order valence-corrected chi connectivity index (χ1v) is 10.8. The average Bonchev–Trinajstić information content (AvgIpc) is 2.76. The number of aromatic hydroxyl groups is 1. The Morgan fingerprint density at radius 3 is 2.29 bits per heavy atom. The van der Waals surface area contributed by atoms with E-state index in [1.807, 2.05) is 6.08 Å². The normalized spacial score (nSPS) is 25.7. The maximum absolute atomic E-state index is 12.0. The Labute approximate surface area is 183 Å². The third kappa shape index (κ3) is 8.49. The second kappa shape index (κ2) is 13.3. The van der Waals surface area contributed by atoms with Crippen LogP contribution in [0.3, 0.4) is 0 Å². The van der Waals surface area contributed by atoms with E-state index in [9.17, 15) is 25.2 Å². The summed E-state index contributed by atoms with van der Waals surface area (Å²) in [5.74, 6) is -0.0600. The summed E-state index contributed by atoms with van der Waals surface area (Å²) < 4.78 is 16.2. The number of hydrogen-bond acceptors (Lipinski definition) is 8. The molecule has 0 radical (unpaired) electrons. The molecule has 0 aliphatic carbocycles. The van der Waals surface area contributed by atoms with E-state index in [0.717, 1.165) is 44.9 Å². The molecule has 0 spiro atoms. The van der Waals surface area contributed by atoms with Gasteiger partial charge in [0.2, 0.25) is 6.29 Å². The molecule has 1 aliphatic rings. The molecule has 8 heteroatoms. The van der Waals surface area contributed by atoms with E-state index < -0.39 is 36.7 Å². The molecule has 0 unspecified atom stereocenters. The molecule has 0 saturated carbocycles. The molecule has 1 fully saturated rings. The van der Waals surface area contributed by atoms with Crippen molar-refractivity contribution in [1.82, 2.24) is 0 Å². The molecule has 2 rings (SSSR count). The third-order valence-corrected chi connectivity index (χ3v) is 5.21. The fourth-order valence-corrected chi connectivity index (χ4v) is 3.32. The van der Waals surface area contributed by atoms with E-state index in [-0.39, 0.29) is 18.8 Å². The standard InChI is InChI=1S/C23H34O8/c1-2-3-4-5-6-7-8-9-10-19(25)29-15-18-20(26)21(27)22(28)23(31-18)30-17-13-11-16(24)12-14-17/h2,11-14,18,20-24,26-28H,1,3-10,15H2/t18-,20-,21+,22-,23-/m1/s1. The van der Waals surface area contributed by atoms with Crippen molar-refractivity contribution in [3.05, 3.63) is 36.9 Å². The second-order valence-electron chi connectivity index (χ2n) is 7.76. The number of phenols is 1. The summed E-state index contributed by atoms with van der Waals surface area (Å²) in [6, 6.07) is 5.74. The van der Waals surface area contributed by atoms with Crippen molar-refractivity contribution >= 4 is 5.97 Å². The van der Waals surface area contributed by atoms with Gasteiger partial charge >= 0.3 is 5.97 Å². The first-order chi connectivity index (χ1) is 14.9. The van der Waals surface area contributed by atoms with Crippen molar-refractivity contribution in [3.8, 4) is 11.5 Å². The van der Waals surface area contributed by atoms with Gasteiger partial charge in [-0.1, -0.05) is 31.8 Å². The number of phenolic OH excluding ortho intramolecular Hbond substituents is 1. The molecular formula is C23H34O8. The summed E-state index contributed by atoms with van der Waals surface area (Å²) in [6.07, 6.45) is 2.63. The van der Waals surface area contributed by atoms with Gasteiger partial charge in [0, 0.05) is 6.42 Å². The molecule has 1 saturated heterocycles. The van der Waals surface area contributed by atoms with Crippen molar-refractivity contribution < 1.29 is 39.4 Å². The molecule has 0 amide bonds. The summed E-state index contributed by atoms with van der Waals surface area (Å²) in [5, 5.41) is 39.7. The fourth-order valence-electron chi connectivity index (χ4n) is 3.32.